The fraction of sp³-hybridized carbons (Fsp3) is 0.476. The molecule has 2 aliphatic heterocycles. The summed E-state index contributed by atoms with van der Waals surface area (Å²) in [5, 5.41) is 4.97. The maximum absolute atomic E-state index is 12.2. The third-order valence-electron chi connectivity index (χ3n) is 5.21. The Balaban J connectivity index is 1.81. The molecule has 0 aliphatic carbocycles. The summed E-state index contributed by atoms with van der Waals surface area (Å²) < 4.78 is 10.9. The molecule has 31 heavy (non-hydrogen) atoms. The molecule has 9 nitrogen and oxygen atoms in total. The molecule has 10 heteroatoms. The number of hydrogen-bond acceptors (Lipinski definition) is 8. The first kappa shape index (κ1) is 23.0. The average Bonchev–Trinajstić information content (AvgIpc) is 3.33. The van der Waals surface area contributed by atoms with Crippen molar-refractivity contribution in [3.05, 3.63) is 22.6 Å². The second kappa shape index (κ2) is 10.5. The molecule has 0 bridgehead atoms. The summed E-state index contributed by atoms with van der Waals surface area (Å²) in [6.45, 7) is 1.95. The predicted molar refractivity (Wildman–Crippen MR) is 120 cm³/mol. The van der Waals surface area contributed by atoms with Gasteiger partial charge in [-0.25, -0.2) is 0 Å². The number of hydrogen-bond donors (Lipinski definition) is 3. The zero-order chi connectivity index (χ0) is 22.4. The summed E-state index contributed by atoms with van der Waals surface area (Å²) in [6, 6.07) is 3.68. The van der Waals surface area contributed by atoms with Crippen LogP contribution in [0, 0.1) is 0 Å². The molecule has 2 fully saturated rings. The minimum atomic E-state index is -0.417. The van der Waals surface area contributed by atoms with E-state index >= 15 is 0 Å². The normalized spacial score (nSPS) is 19.6. The highest BCUT2D eigenvalue weighted by atomic mass is 32.2. The Kier molecular flexibility index (Phi) is 7.80. The maximum Gasteiger partial charge on any atom is 0.290 e. The van der Waals surface area contributed by atoms with Crippen LogP contribution in [0.4, 0.5) is 10.5 Å². The molecule has 0 unspecified atom stereocenters. The molecular weight excluding hydrogens is 420 g/mol. The van der Waals surface area contributed by atoms with Crippen LogP contribution in [0.15, 0.2) is 17.0 Å². The van der Waals surface area contributed by atoms with Gasteiger partial charge in [0.05, 0.1) is 19.1 Å². The average molecular weight is 449 g/mol. The van der Waals surface area contributed by atoms with Gasteiger partial charge in [0.25, 0.3) is 11.1 Å². The molecule has 0 aromatic heterocycles. The molecule has 1 aromatic rings. The second-order valence-corrected chi connectivity index (χ2v) is 8.38. The van der Waals surface area contributed by atoms with Crippen molar-refractivity contribution < 1.29 is 23.9 Å². The van der Waals surface area contributed by atoms with E-state index in [1.165, 1.54) is 0 Å². The second-order valence-electron chi connectivity index (χ2n) is 7.36. The van der Waals surface area contributed by atoms with Crippen LogP contribution in [0.3, 0.4) is 0 Å². The molecule has 1 atom stereocenters. The van der Waals surface area contributed by atoms with Crippen LogP contribution in [0.25, 0.3) is 6.08 Å². The van der Waals surface area contributed by atoms with Crippen molar-refractivity contribution >= 4 is 40.6 Å². The highest BCUT2D eigenvalue weighted by Gasteiger charge is 2.29. The highest BCUT2D eigenvalue weighted by Crippen LogP contribution is 2.39. The van der Waals surface area contributed by atoms with Gasteiger partial charge in [0.15, 0.2) is 11.5 Å². The number of carbonyl (C=O) groups excluding carboxylic acids is 3. The first-order valence-corrected chi connectivity index (χ1v) is 11.0. The molecule has 2 saturated heterocycles. The number of anilines is 1. The number of unbranched alkanes of at least 4 members (excludes halogenated alkanes) is 1. The van der Waals surface area contributed by atoms with Crippen molar-refractivity contribution in [3.63, 3.8) is 0 Å². The number of thioether (sulfide) groups is 1. The van der Waals surface area contributed by atoms with Crippen LogP contribution in [0.2, 0.25) is 0 Å². The van der Waals surface area contributed by atoms with Crippen LogP contribution < -0.4 is 30.7 Å². The number of nitrogens with zero attached hydrogens (tertiary/aromatic N) is 1. The Bertz CT molecular complexity index is 889. The summed E-state index contributed by atoms with van der Waals surface area (Å²) >= 11 is 0.867. The van der Waals surface area contributed by atoms with Crippen molar-refractivity contribution in [2.45, 2.75) is 31.7 Å². The van der Waals surface area contributed by atoms with Crippen LogP contribution in [-0.2, 0) is 9.59 Å². The standard InChI is InChI=1S/C21H28N4O5S/c1-29-16-9-13(10-18-20(27)24-21(28)31-18)15(11-17(16)30-2)25-8-6-14(12-25)23-19(26)5-3-4-7-22/h9-11,14H,3-8,12,22H2,1-2H3,(H,23,26)(H,24,27,28)/b18-10-/t14-/m1/s1. The van der Waals surface area contributed by atoms with Gasteiger partial charge in [-0.1, -0.05) is 0 Å². The summed E-state index contributed by atoms with van der Waals surface area (Å²) in [4.78, 5) is 38.2. The van der Waals surface area contributed by atoms with Crippen LogP contribution >= 0.6 is 11.8 Å². The molecule has 1 aromatic carbocycles. The van der Waals surface area contributed by atoms with Crippen molar-refractivity contribution in [1.82, 2.24) is 10.6 Å². The van der Waals surface area contributed by atoms with Crippen molar-refractivity contribution in [2.24, 2.45) is 5.73 Å². The third kappa shape index (κ3) is 5.71. The number of rotatable bonds is 9. The number of benzene rings is 1. The maximum atomic E-state index is 12.2. The lowest BCUT2D eigenvalue weighted by atomic mass is 10.1. The fourth-order valence-corrected chi connectivity index (χ4v) is 4.34. The van der Waals surface area contributed by atoms with E-state index in [1.807, 2.05) is 6.07 Å². The van der Waals surface area contributed by atoms with E-state index in [-0.39, 0.29) is 11.9 Å². The largest absolute Gasteiger partial charge is 0.493 e. The van der Waals surface area contributed by atoms with Gasteiger partial charge in [-0.3, -0.25) is 19.7 Å². The molecule has 2 heterocycles. The highest BCUT2D eigenvalue weighted by molar-refractivity contribution is 8.18. The van der Waals surface area contributed by atoms with Gasteiger partial charge in [-0.15, -0.1) is 0 Å². The number of imide groups is 1. The van der Waals surface area contributed by atoms with Gasteiger partial charge in [0.2, 0.25) is 5.91 Å². The van der Waals surface area contributed by atoms with Crippen molar-refractivity contribution in [1.29, 1.82) is 0 Å². The lowest BCUT2D eigenvalue weighted by molar-refractivity contribution is -0.121. The zero-order valence-corrected chi connectivity index (χ0v) is 18.5. The smallest absolute Gasteiger partial charge is 0.290 e. The molecule has 3 amide bonds. The number of ether oxygens (including phenoxy) is 2. The van der Waals surface area contributed by atoms with Crippen LogP contribution in [0.1, 0.15) is 31.2 Å². The van der Waals surface area contributed by atoms with E-state index in [0.717, 1.165) is 48.8 Å². The van der Waals surface area contributed by atoms with E-state index in [0.29, 0.717) is 35.9 Å². The fourth-order valence-electron chi connectivity index (χ4n) is 3.66. The Morgan fingerprint density at radius 2 is 2.03 bits per heavy atom. The molecule has 0 spiro atoms. The Morgan fingerprint density at radius 3 is 2.68 bits per heavy atom. The molecule has 0 saturated carbocycles. The molecule has 168 valence electrons. The van der Waals surface area contributed by atoms with Crippen LogP contribution in [-0.4, -0.2) is 56.9 Å². The van der Waals surface area contributed by atoms with Crippen molar-refractivity contribution in [2.75, 3.05) is 38.8 Å². The van der Waals surface area contributed by atoms with E-state index in [1.54, 1.807) is 26.4 Å². The number of nitrogens with two attached hydrogens (primary N) is 1. The zero-order valence-electron chi connectivity index (χ0n) is 17.7. The summed E-state index contributed by atoms with van der Waals surface area (Å²) in [5.41, 5.74) is 7.07. The molecule has 0 radical (unpaired) electrons. The lowest BCUT2D eigenvalue weighted by Crippen LogP contribution is -2.37. The summed E-state index contributed by atoms with van der Waals surface area (Å²) in [6.07, 6.45) is 4.58. The Hall–Kier alpha value is -2.72. The SMILES string of the molecule is COc1cc(/C=C2\SC(=O)NC2=O)c(N2CC[C@@H](NC(=O)CCCCN)C2)cc1OC. The summed E-state index contributed by atoms with van der Waals surface area (Å²) in [5.74, 6) is 0.706. The first-order valence-electron chi connectivity index (χ1n) is 10.2. The Morgan fingerprint density at radius 1 is 1.29 bits per heavy atom. The van der Waals surface area contributed by atoms with E-state index in [9.17, 15) is 14.4 Å². The predicted octanol–water partition coefficient (Wildman–Crippen LogP) is 1.85. The van der Waals surface area contributed by atoms with E-state index in [2.05, 4.69) is 15.5 Å². The van der Waals surface area contributed by atoms with Gasteiger partial charge in [0, 0.05) is 42.9 Å². The summed E-state index contributed by atoms with van der Waals surface area (Å²) in [7, 11) is 3.11. The minimum absolute atomic E-state index is 0.0321. The van der Waals surface area contributed by atoms with Crippen molar-refractivity contribution in [3.8, 4) is 11.5 Å². The molecule has 3 rings (SSSR count). The number of carbonyl (C=O) groups is 3. The molecule has 4 N–H and O–H groups in total. The lowest BCUT2D eigenvalue weighted by Gasteiger charge is -2.23. The van der Waals surface area contributed by atoms with Gasteiger partial charge in [-0.05, 0) is 49.7 Å². The van der Waals surface area contributed by atoms with E-state index < -0.39 is 11.1 Å². The quantitative estimate of drug-likeness (QED) is 0.386. The number of nitrogens with one attached hydrogen (secondary N) is 2. The van der Waals surface area contributed by atoms with Crippen LogP contribution in [0.5, 0.6) is 11.5 Å². The third-order valence-corrected chi connectivity index (χ3v) is 6.02. The number of methoxy groups -OCH3 is 2. The topological polar surface area (TPSA) is 123 Å². The van der Waals surface area contributed by atoms with Gasteiger partial charge >= 0.3 is 0 Å². The van der Waals surface area contributed by atoms with E-state index in [4.69, 9.17) is 15.2 Å². The van der Waals surface area contributed by atoms with Gasteiger partial charge in [-0.2, -0.15) is 0 Å². The number of amides is 3. The molecule has 2 aliphatic rings. The Labute approximate surface area is 185 Å². The van der Waals surface area contributed by atoms with Gasteiger partial charge < -0.3 is 25.4 Å². The molecular formula is C21H28N4O5S. The first-order chi connectivity index (χ1) is 14.9. The van der Waals surface area contributed by atoms with Gasteiger partial charge in [0.1, 0.15) is 0 Å². The monoisotopic (exact) mass is 448 g/mol. The minimum Gasteiger partial charge on any atom is -0.493 e.